The average Bonchev–Trinajstić information content (AvgIpc) is 2.06. The predicted octanol–water partition coefficient (Wildman–Crippen LogP) is -0.167. The molecule has 0 heterocycles. The summed E-state index contributed by atoms with van der Waals surface area (Å²) < 4.78 is 8.46. The first kappa shape index (κ1) is 13.1. The van der Waals surface area contributed by atoms with Crippen LogP contribution in [0.5, 0.6) is 0 Å². The highest BCUT2D eigenvalue weighted by atomic mass is 16.7. The van der Waals surface area contributed by atoms with E-state index in [4.69, 9.17) is 5.21 Å². The fourth-order valence-corrected chi connectivity index (χ4v) is 0.177. The molecule has 0 rings (SSSR count). The summed E-state index contributed by atoms with van der Waals surface area (Å²) in [6.45, 7) is 2.09. The average molecular weight is 180 g/mol. The minimum Gasteiger partial charge on any atom is -0.438 e. The molecule has 0 aromatic heterocycles. The molecule has 0 unspecified atom stereocenters. The number of nitrogens with two attached hydrogens (primary N) is 1. The first-order valence-corrected chi connectivity index (χ1v) is 2.98. The van der Waals surface area contributed by atoms with Crippen molar-refractivity contribution in [1.29, 1.82) is 0 Å². The molecule has 7 heteroatoms. The first-order valence-electron chi connectivity index (χ1n) is 2.98. The smallest absolute Gasteiger partial charge is 0.438 e. The van der Waals surface area contributed by atoms with Gasteiger partial charge >= 0.3 is 12.2 Å². The van der Waals surface area contributed by atoms with Gasteiger partial charge in [-0.1, -0.05) is 0 Å². The van der Waals surface area contributed by atoms with Crippen molar-refractivity contribution in [3.05, 3.63) is 0 Å². The Hall–Kier alpha value is -1.50. The van der Waals surface area contributed by atoms with E-state index in [1.807, 2.05) is 0 Å². The number of rotatable bonds is 1. The van der Waals surface area contributed by atoms with Gasteiger partial charge in [-0.25, -0.2) is 15.1 Å². The van der Waals surface area contributed by atoms with E-state index in [-0.39, 0.29) is 0 Å². The van der Waals surface area contributed by atoms with Crippen molar-refractivity contribution in [2.75, 3.05) is 13.7 Å². The van der Waals surface area contributed by atoms with Crippen molar-refractivity contribution < 1.29 is 24.3 Å². The van der Waals surface area contributed by atoms with Gasteiger partial charge in [-0.3, -0.25) is 5.21 Å². The topological polar surface area (TPSA) is 111 Å². The molecule has 0 atom stereocenters. The molecule has 0 aliphatic carbocycles. The number of carbonyl (C=O) groups excluding carboxylic acids is 2. The monoisotopic (exact) mass is 180 g/mol. The van der Waals surface area contributed by atoms with Gasteiger partial charge in [0, 0.05) is 0 Å². The normalized spacial score (nSPS) is 7.25. The Labute approximate surface area is 69.4 Å². The number of methoxy groups -OCH3 is 1. The molecule has 0 saturated carbocycles. The number of hydrogen-bond acceptors (Lipinski definition) is 5. The van der Waals surface area contributed by atoms with Crippen molar-refractivity contribution in [3.8, 4) is 0 Å². The van der Waals surface area contributed by atoms with Crippen molar-refractivity contribution in [3.63, 3.8) is 0 Å². The maximum absolute atomic E-state index is 9.97. The number of hydrogen-bond donors (Lipinski definition) is 3. The van der Waals surface area contributed by atoms with Crippen LogP contribution in [0.4, 0.5) is 9.59 Å². The second-order valence-electron chi connectivity index (χ2n) is 1.36. The Morgan fingerprint density at radius 2 is 2.00 bits per heavy atom. The van der Waals surface area contributed by atoms with E-state index in [1.54, 1.807) is 6.92 Å². The molecular formula is C5H12N2O5. The van der Waals surface area contributed by atoms with E-state index in [0.29, 0.717) is 6.61 Å². The van der Waals surface area contributed by atoms with Crippen LogP contribution in [-0.4, -0.2) is 31.1 Å². The van der Waals surface area contributed by atoms with Gasteiger partial charge in [-0.2, -0.15) is 0 Å². The van der Waals surface area contributed by atoms with E-state index in [1.165, 1.54) is 12.6 Å². The standard InChI is InChI=1S/C4H8O3.CH4N2O2/c1-3-7-4(5)6-2;2-1(4)3-5/h3H2,1-2H3;5H,(H3,2,3,4). The third kappa shape index (κ3) is 15.8. The highest BCUT2D eigenvalue weighted by molar-refractivity contribution is 5.69. The van der Waals surface area contributed by atoms with Gasteiger partial charge in [0.15, 0.2) is 0 Å². The van der Waals surface area contributed by atoms with Crippen LogP contribution in [0.15, 0.2) is 0 Å². The summed E-state index contributed by atoms with van der Waals surface area (Å²) in [5, 5.41) is 7.42. The molecule has 0 spiro atoms. The highest BCUT2D eigenvalue weighted by Gasteiger charge is 1.92. The van der Waals surface area contributed by atoms with E-state index in [0.717, 1.165) is 0 Å². The Bertz CT molecular complexity index is 138. The Morgan fingerprint density at radius 3 is 2.08 bits per heavy atom. The molecule has 0 aliphatic heterocycles. The number of primary amides is 1. The Kier molecular flexibility index (Phi) is 10.4. The van der Waals surface area contributed by atoms with Crippen molar-refractivity contribution >= 4 is 12.2 Å². The molecule has 0 fully saturated rings. The zero-order chi connectivity index (χ0) is 9.98. The summed E-state index contributed by atoms with van der Waals surface area (Å²) in [6, 6.07) is -0.940. The second-order valence-corrected chi connectivity index (χ2v) is 1.36. The van der Waals surface area contributed by atoms with Gasteiger partial charge in [0.05, 0.1) is 13.7 Å². The lowest BCUT2D eigenvalue weighted by Gasteiger charge is -1.94. The lowest BCUT2D eigenvalue weighted by Crippen LogP contribution is -2.25. The summed E-state index contributed by atoms with van der Waals surface area (Å²) in [4.78, 5) is 19.2. The molecule has 0 saturated heterocycles. The molecule has 72 valence electrons. The molecule has 7 nitrogen and oxygen atoms in total. The third-order valence-electron chi connectivity index (χ3n) is 0.539. The number of urea groups is 1. The van der Waals surface area contributed by atoms with Crippen LogP contribution < -0.4 is 11.2 Å². The highest BCUT2D eigenvalue weighted by Crippen LogP contribution is 1.77. The van der Waals surface area contributed by atoms with Crippen molar-refractivity contribution in [1.82, 2.24) is 5.48 Å². The zero-order valence-electron chi connectivity index (χ0n) is 6.86. The van der Waals surface area contributed by atoms with Gasteiger partial charge < -0.3 is 15.2 Å². The van der Waals surface area contributed by atoms with Crippen molar-refractivity contribution in [2.24, 2.45) is 5.73 Å². The molecule has 0 aromatic carbocycles. The number of ether oxygens (including phenoxy) is 2. The number of hydroxylamine groups is 1. The van der Waals surface area contributed by atoms with Crippen LogP contribution >= 0.6 is 0 Å². The van der Waals surface area contributed by atoms with Gasteiger partial charge in [0.1, 0.15) is 0 Å². The lowest BCUT2D eigenvalue weighted by atomic mass is 10.9. The first-order chi connectivity index (χ1) is 5.58. The van der Waals surface area contributed by atoms with Gasteiger partial charge in [-0.15, -0.1) is 0 Å². The van der Waals surface area contributed by atoms with Crippen LogP contribution in [0.3, 0.4) is 0 Å². The lowest BCUT2D eigenvalue weighted by molar-refractivity contribution is 0.0771. The molecule has 12 heavy (non-hydrogen) atoms. The minimum absolute atomic E-state index is 0.368. The van der Waals surface area contributed by atoms with Crippen molar-refractivity contribution in [2.45, 2.75) is 6.92 Å². The van der Waals surface area contributed by atoms with Gasteiger partial charge in [0.2, 0.25) is 0 Å². The van der Waals surface area contributed by atoms with Crippen LogP contribution in [-0.2, 0) is 9.47 Å². The van der Waals surface area contributed by atoms with E-state index in [9.17, 15) is 9.59 Å². The Balaban J connectivity index is 0. The van der Waals surface area contributed by atoms with E-state index >= 15 is 0 Å². The molecule has 0 radical (unpaired) electrons. The van der Waals surface area contributed by atoms with Crippen LogP contribution in [0.1, 0.15) is 6.92 Å². The summed E-state index contributed by atoms with van der Waals surface area (Å²) in [5.74, 6) is 0. The van der Waals surface area contributed by atoms with Gasteiger partial charge in [0.25, 0.3) is 0 Å². The fraction of sp³-hybridized carbons (Fsp3) is 0.600. The summed E-state index contributed by atoms with van der Waals surface area (Å²) >= 11 is 0. The zero-order valence-corrected chi connectivity index (χ0v) is 6.86. The number of nitrogens with one attached hydrogen (secondary N) is 1. The SMILES string of the molecule is CCOC(=O)OC.NC(=O)NO. The van der Waals surface area contributed by atoms with E-state index < -0.39 is 12.2 Å². The molecule has 0 aliphatic rings. The molecular weight excluding hydrogens is 168 g/mol. The van der Waals surface area contributed by atoms with Crippen LogP contribution in [0, 0.1) is 0 Å². The second kappa shape index (κ2) is 9.50. The Morgan fingerprint density at radius 1 is 1.58 bits per heavy atom. The molecule has 0 aromatic rings. The molecule has 0 bridgehead atoms. The summed E-state index contributed by atoms with van der Waals surface area (Å²) in [7, 11) is 1.28. The number of amides is 2. The summed E-state index contributed by atoms with van der Waals surface area (Å²) in [6.07, 6.45) is -0.623. The third-order valence-corrected chi connectivity index (χ3v) is 0.539. The predicted molar refractivity (Wildman–Crippen MR) is 38.5 cm³/mol. The van der Waals surface area contributed by atoms with Crippen LogP contribution in [0.2, 0.25) is 0 Å². The van der Waals surface area contributed by atoms with Crippen LogP contribution in [0.25, 0.3) is 0 Å². The minimum atomic E-state index is -0.940. The quantitative estimate of drug-likeness (QED) is 0.295. The number of carbonyl (C=O) groups is 2. The maximum Gasteiger partial charge on any atom is 0.507 e. The fourth-order valence-electron chi connectivity index (χ4n) is 0.177. The molecule has 4 N–H and O–H groups in total. The van der Waals surface area contributed by atoms with Gasteiger partial charge in [-0.05, 0) is 6.92 Å². The van der Waals surface area contributed by atoms with E-state index in [2.05, 4.69) is 15.2 Å². The largest absolute Gasteiger partial charge is 0.507 e. The maximum atomic E-state index is 9.97. The molecule has 2 amide bonds. The summed E-state index contributed by atoms with van der Waals surface area (Å²) in [5.41, 5.74) is 5.46.